The van der Waals surface area contributed by atoms with Gasteiger partial charge in [0.25, 0.3) is 5.91 Å². The Morgan fingerprint density at radius 2 is 1.88 bits per heavy atom. The lowest BCUT2D eigenvalue weighted by Crippen LogP contribution is -2.22. The van der Waals surface area contributed by atoms with Gasteiger partial charge in [-0.2, -0.15) is 5.10 Å². The van der Waals surface area contributed by atoms with Crippen molar-refractivity contribution in [3.63, 3.8) is 0 Å². The molecular formula is C19H18F2N4O. The molecule has 0 aliphatic carbocycles. The number of H-pyrrole nitrogens is 1. The molecule has 2 N–H and O–H groups in total. The van der Waals surface area contributed by atoms with Crippen molar-refractivity contribution >= 4 is 28.1 Å². The van der Waals surface area contributed by atoms with Gasteiger partial charge in [0.15, 0.2) is 0 Å². The number of amides is 1. The Kier molecular flexibility index (Phi) is 4.71. The number of aromatic amines is 1. The van der Waals surface area contributed by atoms with Crippen LogP contribution in [0.2, 0.25) is 0 Å². The number of nitrogens with zero attached hydrogens (tertiary/aromatic N) is 2. The van der Waals surface area contributed by atoms with E-state index in [1.54, 1.807) is 14.1 Å². The summed E-state index contributed by atoms with van der Waals surface area (Å²) in [6, 6.07) is 8.83. The van der Waals surface area contributed by atoms with Crippen LogP contribution >= 0.6 is 0 Å². The van der Waals surface area contributed by atoms with Gasteiger partial charge in [0.2, 0.25) is 0 Å². The van der Waals surface area contributed by atoms with Crippen LogP contribution in [-0.4, -0.2) is 35.1 Å². The molecule has 0 aliphatic heterocycles. The first-order valence-electron chi connectivity index (χ1n) is 7.93. The lowest BCUT2D eigenvalue weighted by Gasteiger charge is -2.11. The van der Waals surface area contributed by atoms with Crippen LogP contribution in [-0.2, 0) is 11.3 Å². The number of likely N-dealkylation sites (N-methyl/N-ethyl adjacent to an activating group) is 1. The van der Waals surface area contributed by atoms with E-state index in [-0.39, 0.29) is 18.0 Å². The van der Waals surface area contributed by atoms with Crippen LogP contribution in [0.15, 0.2) is 43.0 Å². The van der Waals surface area contributed by atoms with Crippen molar-refractivity contribution in [1.29, 1.82) is 0 Å². The molecule has 0 atom stereocenters. The standard InChI is InChI=1S/C19H18F2N4O/c1-11(19(26)25(2)3)18-16-9-15(4-5-17(16)23-24-18)22-10-12-6-13(20)8-14(21)7-12/h4-9,22H,1,10H2,2-3H3,(H,23,24). The Morgan fingerprint density at radius 3 is 2.54 bits per heavy atom. The summed E-state index contributed by atoms with van der Waals surface area (Å²) in [5.41, 5.74) is 2.73. The van der Waals surface area contributed by atoms with E-state index in [0.29, 0.717) is 11.3 Å². The molecule has 0 spiro atoms. The molecule has 0 bridgehead atoms. The average molecular weight is 356 g/mol. The summed E-state index contributed by atoms with van der Waals surface area (Å²) in [6.45, 7) is 4.09. The number of nitrogens with one attached hydrogen (secondary N) is 2. The third-order valence-corrected chi connectivity index (χ3v) is 3.93. The Morgan fingerprint density at radius 1 is 1.19 bits per heavy atom. The van der Waals surface area contributed by atoms with Gasteiger partial charge in [-0.3, -0.25) is 9.89 Å². The zero-order chi connectivity index (χ0) is 18.8. The molecule has 0 fully saturated rings. The highest BCUT2D eigenvalue weighted by atomic mass is 19.1. The minimum absolute atomic E-state index is 0.230. The predicted octanol–water partition coefficient (Wildman–Crippen LogP) is 3.55. The molecule has 3 aromatic rings. The summed E-state index contributed by atoms with van der Waals surface area (Å²) in [5.74, 6) is -1.47. The number of halogens is 2. The molecule has 1 aromatic heterocycles. The van der Waals surface area contributed by atoms with Crippen LogP contribution in [0, 0.1) is 11.6 Å². The molecule has 2 aromatic carbocycles. The van der Waals surface area contributed by atoms with Gasteiger partial charge in [-0.25, -0.2) is 8.78 Å². The van der Waals surface area contributed by atoms with E-state index >= 15 is 0 Å². The maximum atomic E-state index is 13.3. The van der Waals surface area contributed by atoms with Crippen LogP contribution < -0.4 is 5.32 Å². The highest BCUT2D eigenvalue weighted by Gasteiger charge is 2.17. The number of hydrogen-bond donors (Lipinski definition) is 2. The topological polar surface area (TPSA) is 61.0 Å². The van der Waals surface area contributed by atoms with Crippen LogP contribution in [0.4, 0.5) is 14.5 Å². The first-order valence-corrected chi connectivity index (χ1v) is 7.93. The third kappa shape index (κ3) is 3.56. The highest BCUT2D eigenvalue weighted by molar-refractivity contribution is 6.21. The molecular weight excluding hydrogens is 338 g/mol. The molecule has 0 unspecified atom stereocenters. The van der Waals surface area contributed by atoms with Crippen molar-refractivity contribution in [2.45, 2.75) is 6.54 Å². The van der Waals surface area contributed by atoms with Crippen molar-refractivity contribution in [2.75, 3.05) is 19.4 Å². The second-order valence-electron chi connectivity index (χ2n) is 6.14. The highest BCUT2D eigenvalue weighted by Crippen LogP contribution is 2.26. The molecule has 0 aliphatic rings. The normalized spacial score (nSPS) is 10.8. The molecule has 0 radical (unpaired) electrons. The van der Waals surface area contributed by atoms with Crippen molar-refractivity contribution in [1.82, 2.24) is 15.1 Å². The molecule has 1 amide bonds. The minimum Gasteiger partial charge on any atom is -0.381 e. The molecule has 134 valence electrons. The van der Waals surface area contributed by atoms with E-state index in [2.05, 4.69) is 22.1 Å². The summed E-state index contributed by atoms with van der Waals surface area (Å²) in [5, 5.41) is 10.9. The largest absolute Gasteiger partial charge is 0.381 e. The van der Waals surface area contributed by atoms with Crippen LogP contribution in [0.1, 0.15) is 11.3 Å². The Labute approximate surface area is 149 Å². The number of carbonyl (C=O) groups excluding carboxylic acids is 1. The third-order valence-electron chi connectivity index (χ3n) is 3.93. The van der Waals surface area contributed by atoms with Gasteiger partial charge in [-0.05, 0) is 35.9 Å². The summed E-state index contributed by atoms with van der Waals surface area (Å²) in [6.07, 6.45) is 0. The molecule has 0 saturated carbocycles. The fourth-order valence-electron chi connectivity index (χ4n) is 2.64. The Bertz CT molecular complexity index is 974. The molecule has 1 heterocycles. The van der Waals surface area contributed by atoms with Gasteiger partial charge in [0.05, 0.1) is 11.1 Å². The maximum Gasteiger partial charge on any atom is 0.255 e. The number of fused-ring (bicyclic) bond motifs is 1. The lowest BCUT2D eigenvalue weighted by molar-refractivity contribution is -0.122. The number of aromatic nitrogens is 2. The number of anilines is 1. The van der Waals surface area contributed by atoms with E-state index in [1.807, 2.05) is 18.2 Å². The SMILES string of the molecule is C=C(C(=O)N(C)C)c1n[nH]c2ccc(NCc3cc(F)cc(F)c3)cc12. The molecule has 3 rings (SSSR count). The molecule has 0 saturated heterocycles. The first kappa shape index (κ1) is 17.6. The molecule has 7 heteroatoms. The monoisotopic (exact) mass is 356 g/mol. The van der Waals surface area contributed by atoms with Crippen LogP contribution in [0.3, 0.4) is 0 Å². The summed E-state index contributed by atoms with van der Waals surface area (Å²) >= 11 is 0. The van der Waals surface area contributed by atoms with Crippen LogP contribution in [0.25, 0.3) is 16.5 Å². The van der Waals surface area contributed by atoms with Crippen LogP contribution in [0.5, 0.6) is 0 Å². The Hall–Kier alpha value is -3.22. The van der Waals surface area contributed by atoms with Gasteiger partial charge in [0.1, 0.15) is 17.3 Å². The summed E-state index contributed by atoms with van der Waals surface area (Å²) < 4.78 is 26.6. The van der Waals surface area contributed by atoms with Crippen molar-refractivity contribution in [3.8, 4) is 0 Å². The summed E-state index contributed by atoms with van der Waals surface area (Å²) in [4.78, 5) is 13.6. The van der Waals surface area contributed by atoms with Crippen molar-refractivity contribution in [2.24, 2.45) is 0 Å². The first-order chi connectivity index (χ1) is 12.3. The minimum atomic E-state index is -0.618. The lowest BCUT2D eigenvalue weighted by atomic mass is 10.1. The molecule has 5 nitrogen and oxygen atoms in total. The smallest absolute Gasteiger partial charge is 0.255 e. The van der Waals surface area contributed by atoms with E-state index in [4.69, 9.17) is 0 Å². The predicted molar refractivity (Wildman–Crippen MR) is 97.5 cm³/mol. The van der Waals surface area contributed by atoms with Gasteiger partial charge < -0.3 is 10.2 Å². The number of hydrogen-bond acceptors (Lipinski definition) is 3. The zero-order valence-corrected chi connectivity index (χ0v) is 14.4. The van der Waals surface area contributed by atoms with Gasteiger partial charge >= 0.3 is 0 Å². The van der Waals surface area contributed by atoms with Gasteiger partial charge in [0, 0.05) is 37.8 Å². The van der Waals surface area contributed by atoms with Crippen molar-refractivity contribution < 1.29 is 13.6 Å². The van der Waals surface area contributed by atoms with E-state index < -0.39 is 11.6 Å². The second kappa shape index (κ2) is 6.95. The fourth-order valence-corrected chi connectivity index (χ4v) is 2.64. The second-order valence-corrected chi connectivity index (χ2v) is 6.14. The number of benzene rings is 2. The van der Waals surface area contributed by atoms with Gasteiger partial charge in [-0.1, -0.05) is 6.58 Å². The van der Waals surface area contributed by atoms with Gasteiger partial charge in [-0.15, -0.1) is 0 Å². The summed E-state index contributed by atoms with van der Waals surface area (Å²) in [7, 11) is 3.29. The number of carbonyl (C=O) groups is 1. The van der Waals surface area contributed by atoms with E-state index in [0.717, 1.165) is 22.7 Å². The van der Waals surface area contributed by atoms with Crippen molar-refractivity contribution in [3.05, 3.63) is 65.9 Å². The van der Waals surface area contributed by atoms with E-state index in [1.165, 1.54) is 17.0 Å². The maximum absolute atomic E-state index is 13.3. The quantitative estimate of drug-likeness (QED) is 0.687. The number of rotatable bonds is 5. The average Bonchev–Trinajstić information content (AvgIpc) is 3.01. The molecule has 26 heavy (non-hydrogen) atoms. The zero-order valence-electron chi connectivity index (χ0n) is 14.4. The Balaban J connectivity index is 1.85. The fraction of sp³-hybridized carbons (Fsp3) is 0.158. The van der Waals surface area contributed by atoms with E-state index in [9.17, 15) is 13.6 Å².